The van der Waals surface area contributed by atoms with E-state index in [-0.39, 0.29) is 12.4 Å². The van der Waals surface area contributed by atoms with Gasteiger partial charge in [0.25, 0.3) is 0 Å². The fourth-order valence-corrected chi connectivity index (χ4v) is 2.77. The van der Waals surface area contributed by atoms with Gasteiger partial charge in [-0.15, -0.1) is 12.4 Å². The van der Waals surface area contributed by atoms with Crippen LogP contribution in [0.5, 0.6) is 0 Å². The molecule has 0 amide bonds. The van der Waals surface area contributed by atoms with Gasteiger partial charge < -0.3 is 4.90 Å². The van der Waals surface area contributed by atoms with Gasteiger partial charge in [0, 0.05) is 6.54 Å². The van der Waals surface area contributed by atoms with Crippen LogP contribution in [0.1, 0.15) is 43.2 Å². The number of benzene rings is 1. The Hall–Kier alpha value is -0.530. The largest absolute Gasteiger partial charge is 0.303 e. The molecule has 2 rings (SSSR count). The number of halogens is 1. The topological polar surface area (TPSA) is 3.24 Å². The molecule has 1 nitrogen and oxygen atoms in total. The van der Waals surface area contributed by atoms with Crippen molar-refractivity contribution in [2.45, 2.75) is 39.0 Å². The monoisotopic (exact) mass is 253 g/mol. The lowest BCUT2D eigenvalue weighted by molar-refractivity contribution is 0.208. The molecule has 17 heavy (non-hydrogen) atoms. The zero-order valence-electron chi connectivity index (χ0n) is 11.0. The van der Waals surface area contributed by atoms with Gasteiger partial charge in [-0.1, -0.05) is 36.8 Å². The van der Waals surface area contributed by atoms with E-state index in [4.69, 9.17) is 0 Å². The molecule has 1 aromatic rings. The van der Waals surface area contributed by atoms with E-state index in [1.54, 1.807) is 5.56 Å². The molecule has 0 radical (unpaired) electrons. The van der Waals surface area contributed by atoms with E-state index in [0.717, 1.165) is 5.92 Å². The predicted octanol–water partition coefficient (Wildman–Crippen LogP) is 4.01. The number of aryl methyl sites for hydroxylation is 1. The molecule has 0 aliphatic carbocycles. The Kier molecular flexibility index (Phi) is 6.01. The Morgan fingerprint density at radius 2 is 2.18 bits per heavy atom. The van der Waals surface area contributed by atoms with Crippen molar-refractivity contribution >= 4 is 12.4 Å². The molecule has 1 unspecified atom stereocenters. The first-order valence-electron chi connectivity index (χ1n) is 6.58. The highest BCUT2D eigenvalue weighted by Gasteiger charge is 2.20. The molecule has 0 saturated carbocycles. The number of hydrogen-bond acceptors (Lipinski definition) is 1. The van der Waals surface area contributed by atoms with Gasteiger partial charge in [-0.25, -0.2) is 0 Å². The molecule has 1 aromatic carbocycles. The molecular weight excluding hydrogens is 230 g/mol. The van der Waals surface area contributed by atoms with E-state index < -0.39 is 0 Å². The number of rotatable bonds is 3. The first-order valence-corrected chi connectivity index (χ1v) is 6.58. The summed E-state index contributed by atoms with van der Waals surface area (Å²) in [5, 5.41) is 0. The average Bonchev–Trinajstić information content (AvgIpc) is 2.30. The van der Waals surface area contributed by atoms with Gasteiger partial charge in [-0.3, -0.25) is 0 Å². The van der Waals surface area contributed by atoms with Crippen LogP contribution in [0, 0.1) is 6.92 Å². The summed E-state index contributed by atoms with van der Waals surface area (Å²) in [4.78, 5) is 2.62. The molecular formula is C15H24ClN. The second-order valence-electron chi connectivity index (χ2n) is 5.05. The fourth-order valence-electron chi connectivity index (χ4n) is 2.77. The highest BCUT2D eigenvalue weighted by molar-refractivity contribution is 5.85. The quantitative estimate of drug-likeness (QED) is 0.787. The van der Waals surface area contributed by atoms with Crippen LogP contribution in [-0.4, -0.2) is 24.5 Å². The molecule has 1 aliphatic rings. The van der Waals surface area contributed by atoms with Crippen LogP contribution < -0.4 is 0 Å². The minimum Gasteiger partial charge on any atom is -0.303 e. The van der Waals surface area contributed by atoms with Gasteiger partial charge in [0.1, 0.15) is 0 Å². The van der Waals surface area contributed by atoms with Crippen LogP contribution in [0.4, 0.5) is 0 Å². The zero-order chi connectivity index (χ0) is 11.4. The first kappa shape index (κ1) is 14.5. The van der Waals surface area contributed by atoms with Crippen molar-refractivity contribution in [2.24, 2.45) is 0 Å². The summed E-state index contributed by atoms with van der Waals surface area (Å²) in [6.07, 6.45) is 4.00. The third-order valence-electron chi connectivity index (χ3n) is 3.56. The minimum atomic E-state index is 0. The third kappa shape index (κ3) is 4.01. The van der Waals surface area contributed by atoms with Gasteiger partial charge in [-0.2, -0.15) is 0 Å². The summed E-state index contributed by atoms with van der Waals surface area (Å²) in [6.45, 7) is 8.29. The summed E-state index contributed by atoms with van der Waals surface area (Å²) in [5.41, 5.74) is 2.94. The van der Waals surface area contributed by atoms with Crippen LogP contribution in [-0.2, 0) is 0 Å². The molecule has 1 fully saturated rings. The van der Waals surface area contributed by atoms with Gasteiger partial charge >= 0.3 is 0 Å². The summed E-state index contributed by atoms with van der Waals surface area (Å²) < 4.78 is 0. The summed E-state index contributed by atoms with van der Waals surface area (Å²) in [7, 11) is 0. The molecule has 0 aromatic heterocycles. The van der Waals surface area contributed by atoms with Crippen LogP contribution in [0.3, 0.4) is 0 Å². The van der Waals surface area contributed by atoms with Crippen LogP contribution in [0.15, 0.2) is 24.3 Å². The second kappa shape index (κ2) is 7.03. The average molecular weight is 254 g/mol. The third-order valence-corrected chi connectivity index (χ3v) is 3.56. The van der Waals surface area contributed by atoms with Gasteiger partial charge in [0.2, 0.25) is 0 Å². The Labute approximate surface area is 112 Å². The van der Waals surface area contributed by atoms with E-state index >= 15 is 0 Å². The fraction of sp³-hybridized carbons (Fsp3) is 0.600. The van der Waals surface area contributed by atoms with E-state index in [1.807, 2.05) is 0 Å². The molecule has 96 valence electrons. The van der Waals surface area contributed by atoms with Gasteiger partial charge in [0.05, 0.1) is 0 Å². The van der Waals surface area contributed by atoms with Gasteiger partial charge in [-0.05, 0) is 50.8 Å². The Morgan fingerprint density at radius 3 is 2.88 bits per heavy atom. The second-order valence-corrected chi connectivity index (χ2v) is 5.05. The highest BCUT2D eigenvalue weighted by atomic mass is 35.5. The van der Waals surface area contributed by atoms with E-state index in [2.05, 4.69) is 43.0 Å². The highest BCUT2D eigenvalue weighted by Crippen LogP contribution is 2.27. The minimum absolute atomic E-state index is 0. The molecule has 1 aliphatic heterocycles. The van der Waals surface area contributed by atoms with Crippen molar-refractivity contribution < 1.29 is 0 Å². The summed E-state index contributed by atoms with van der Waals surface area (Å²) >= 11 is 0. The van der Waals surface area contributed by atoms with E-state index in [9.17, 15) is 0 Å². The Morgan fingerprint density at radius 1 is 1.35 bits per heavy atom. The molecule has 2 heteroatoms. The van der Waals surface area contributed by atoms with Crippen molar-refractivity contribution in [3.05, 3.63) is 35.4 Å². The van der Waals surface area contributed by atoms with Crippen molar-refractivity contribution in [3.63, 3.8) is 0 Å². The molecule has 1 heterocycles. The summed E-state index contributed by atoms with van der Waals surface area (Å²) in [5.74, 6) is 0.764. The van der Waals surface area contributed by atoms with Crippen LogP contribution >= 0.6 is 12.4 Å². The summed E-state index contributed by atoms with van der Waals surface area (Å²) in [6, 6.07) is 9.05. The molecule has 1 saturated heterocycles. The normalized spacial score (nSPS) is 20.9. The van der Waals surface area contributed by atoms with E-state index in [0.29, 0.717) is 0 Å². The standard InChI is InChI=1S/C15H23N.ClH/c1-3-9-16-10-5-8-15(12-16)14-7-4-6-13(2)11-14;/h4,6-7,11,15H,3,5,8-10,12H2,1-2H3;1H. The van der Waals surface area contributed by atoms with Crippen molar-refractivity contribution in [2.75, 3.05) is 19.6 Å². The number of hydrogen-bond donors (Lipinski definition) is 0. The Bertz CT molecular complexity index is 335. The van der Waals surface area contributed by atoms with Crippen LogP contribution in [0.2, 0.25) is 0 Å². The van der Waals surface area contributed by atoms with Crippen molar-refractivity contribution in [1.82, 2.24) is 4.90 Å². The van der Waals surface area contributed by atoms with Crippen molar-refractivity contribution in [3.8, 4) is 0 Å². The lowest BCUT2D eigenvalue weighted by atomic mass is 9.90. The smallest absolute Gasteiger partial charge is 0.00503 e. The van der Waals surface area contributed by atoms with E-state index in [1.165, 1.54) is 44.5 Å². The Balaban J connectivity index is 0.00000144. The number of piperidine rings is 1. The molecule has 0 bridgehead atoms. The maximum atomic E-state index is 2.62. The number of nitrogens with zero attached hydrogens (tertiary/aromatic N) is 1. The molecule has 0 N–H and O–H groups in total. The predicted molar refractivity (Wildman–Crippen MR) is 77.1 cm³/mol. The zero-order valence-corrected chi connectivity index (χ0v) is 11.8. The molecule has 0 spiro atoms. The van der Waals surface area contributed by atoms with Gasteiger partial charge in [0.15, 0.2) is 0 Å². The molecule has 1 atom stereocenters. The lowest BCUT2D eigenvalue weighted by Gasteiger charge is -2.32. The van der Waals surface area contributed by atoms with Crippen molar-refractivity contribution in [1.29, 1.82) is 0 Å². The SMILES string of the molecule is CCCN1CCCC(c2cccc(C)c2)C1.Cl. The lowest BCUT2D eigenvalue weighted by Crippen LogP contribution is -2.34. The van der Waals surface area contributed by atoms with Crippen LogP contribution in [0.25, 0.3) is 0 Å². The number of likely N-dealkylation sites (tertiary alicyclic amines) is 1. The maximum Gasteiger partial charge on any atom is 0.00503 e. The first-order chi connectivity index (χ1) is 7.79. The maximum absolute atomic E-state index is 2.62.